The maximum atomic E-state index is 11.5. The molecule has 4 aromatic rings. The number of aromatic nitrogens is 2. The Labute approximate surface area is 189 Å². The summed E-state index contributed by atoms with van der Waals surface area (Å²) in [6, 6.07) is 6.96. The van der Waals surface area contributed by atoms with Crippen molar-refractivity contribution in [2.75, 3.05) is 0 Å². The van der Waals surface area contributed by atoms with Gasteiger partial charge in [-0.3, -0.25) is 9.11 Å². The van der Waals surface area contributed by atoms with Crippen molar-refractivity contribution in [3.05, 3.63) is 45.4 Å². The zero-order chi connectivity index (χ0) is 22.7. The van der Waals surface area contributed by atoms with Gasteiger partial charge in [0.1, 0.15) is 11.4 Å². The first kappa shape index (κ1) is 22.0. The van der Waals surface area contributed by atoms with Gasteiger partial charge in [-0.1, -0.05) is 34.8 Å². The highest BCUT2D eigenvalue weighted by molar-refractivity contribution is 7.81. The Morgan fingerprint density at radius 1 is 0.742 bits per heavy atom. The smallest absolute Gasteiger partial charge is 0.359 e. The number of hydrogen-bond acceptors (Lipinski definition) is 6. The molecule has 0 bridgehead atoms. The number of hydrogen-bond donors (Lipinski definition) is 4. The van der Waals surface area contributed by atoms with Crippen molar-refractivity contribution < 1.29 is 34.3 Å². The van der Waals surface area contributed by atoms with Crippen LogP contribution in [-0.4, -0.2) is 35.9 Å². The molecule has 0 aliphatic carbocycles. The van der Waals surface area contributed by atoms with Crippen molar-refractivity contribution in [3.63, 3.8) is 0 Å². The van der Waals surface area contributed by atoms with Crippen molar-refractivity contribution in [1.29, 1.82) is 0 Å². The van der Waals surface area contributed by atoms with Crippen LogP contribution in [0.2, 0.25) is 15.1 Å². The number of benzene rings is 2. The molecule has 31 heavy (non-hydrogen) atoms. The van der Waals surface area contributed by atoms with Gasteiger partial charge in [0.25, 0.3) is 0 Å². The highest BCUT2D eigenvalue weighted by Gasteiger charge is 2.28. The van der Waals surface area contributed by atoms with Gasteiger partial charge in [-0.15, -0.1) is 0 Å². The van der Waals surface area contributed by atoms with Gasteiger partial charge < -0.3 is 18.3 Å². The number of halogens is 3. The van der Waals surface area contributed by atoms with E-state index in [1.807, 2.05) is 0 Å². The largest absolute Gasteiger partial charge is 0.446 e. The molecule has 0 aliphatic heterocycles. The lowest BCUT2D eigenvalue weighted by molar-refractivity contribution is 0.384. The number of rotatable bonds is 5. The summed E-state index contributed by atoms with van der Waals surface area (Å²) in [6.45, 7) is 0. The van der Waals surface area contributed by atoms with Gasteiger partial charge in [0.2, 0.25) is 0 Å². The average molecular weight is 528 g/mol. The van der Waals surface area contributed by atoms with E-state index in [9.17, 15) is 25.9 Å². The first-order chi connectivity index (χ1) is 14.3. The molecule has 0 fully saturated rings. The van der Waals surface area contributed by atoms with E-state index in [1.54, 1.807) is 0 Å². The molecule has 0 saturated heterocycles. The standard InChI is InChI=1S/C16H9Cl3N2O8S2/c17-6-1-2-8-11(5-6)20-13(15(8)28-30(22,23)24)14-16(29-31(25,26)27)9-3-7(18)4-10(19)12(9)21-14/h1-5,20-21H,(H,22,23,24)(H,25,26,27). The van der Waals surface area contributed by atoms with Gasteiger partial charge in [0, 0.05) is 20.8 Å². The molecular formula is C16H9Cl3N2O8S2. The lowest BCUT2D eigenvalue weighted by Crippen LogP contribution is -2.08. The quantitative estimate of drug-likeness (QED) is 0.273. The monoisotopic (exact) mass is 526 g/mol. The Bertz CT molecular complexity index is 1580. The fourth-order valence-electron chi connectivity index (χ4n) is 3.08. The molecule has 0 atom stereocenters. The second kappa shape index (κ2) is 7.45. The van der Waals surface area contributed by atoms with E-state index in [0.717, 1.165) is 0 Å². The second-order valence-electron chi connectivity index (χ2n) is 6.18. The van der Waals surface area contributed by atoms with E-state index in [-0.39, 0.29) is 43.2 Å². The SMILES string of the molecule is O=S(=O)(O)Oc1c(-c2[nH]c3c(Cl)cc(Cl)cc3c2OS(=O)(=O)O)[nH]c2cc(Cl)ccc12. The van der Waals surface area contributed by atoms with Crippen LogP contribution in [0.5, 0.6) is 11.5 Å². The topological polar surface area (TPSA) is 159 Å². The fourth-order valence-corrected chi connectivity index (χ4v) is 4.56. The molecule has 2 aromatic heterocycles. The van der Waals surface area contributed by atoms with Crippen LogP contribution in [-0.2, 0) is 20.8 Å². The van der Waals surface area contributed by atoms with E-state index in [4.69, 9.17) is 43.2 Å². The zero-order valence-corrected chi connectivity index (χ0v) is 18.6. The molecule has 0 unspecified atom stereocenters. The third-order valence-corrected chi connectivity index (χ3v) is 5.62. The fraction of sp³-hybridized carbons (Fsp3) is 0. The normalized spacial score (nSPS) is 12.5. The summed E-state index contributed by atoms with van der Waals surface area (Å²) >= 11 is 18.1. The van der Waals surface area contributed by atoms with Crippen molar-refractivity contribution in [2.45, 2.75) is 0 Å². The number of H-pyrrole nitrogens is 2. The summed E-state index contributed by atoms with van der Waals surface area (Å²) in [5.74, 6) is -0.858. The van der Waals surface area contributed by atoms with Crippen LogP contribution in [0.15, 0.2) is 30.3 Å². The Balaban J connectivity index is 2.12. The highest BCUT2D eigenvalue weighted by atomic mass is 35.5. The van der Waals surface area contributed by atoms with Gasteiger partial charge in [0.15, 0.2) is 11.5 Å². The molecule has 4 rings (SSSR count). The second-order valence-corrected chi connectivity index (χ2v) is 9.50. The summed E-state index contributed by atoms with van der Waals surface area (Å²) in [6.07, 6.45) is 0. The predicted molar refractivity (Wildman–Crippen MR) is 115 cm³/mol. The van der Waals surface area contributed by atoms with Crippen LogP contribution in [0.1, 0.15) is 0 Å². The molecule has 2 heterocycles. The molecule has 0 saturated carbocycles. The molecule has 10 nitrogen and oxygen atoms in total. The van der Waals surface area contributed by atoms with Crippen LogP contribution in [0.4, 0.5) is 0 Å². The minimum absolute atomic E-state index is 0.0552. The predicted octanol–water partition coefficient (Wildman–Crippen LogP) is 4.64. The van der Waals surface area contributed by atoms with E-state index < -0.39 is 32.3 Å². The Kier molecular flexibility index (Phi) is 5.29. The maximum Gasteiger partial charge on any atom is 0.446 e. The van der Waals surface area contributed by atoms with Gasteiger partial charge in [-0.2, -0.15) is 16.8 Å². The third-order valence-electron chi connectivity index (χ3n) is 4.12. The lowest BCUT2D eigenvalue weighted by Gasteiger charge is -2.06. The summed E-state index contributed by atoms with van der Waals surface area (Å²) in [5, 5.41) is 0.725. The maximum absolute atomic E-state index is 11.5. The summed E-state index contributed by atoms with van der Waals surface area (Å²) in [4.78, 5) is 5.60. The molecule has 15 heteroatoms. The number of fused-ring (bicyclic) bond motifs is 2. The molecule has 0 amide bonds. The average Bonchev–Trinajstić information content (AvgIpc) is 3.11. The first-order valence-corrected chi connectivity index (χ1v) is 11.8. The van der Waals surface area contributed by atoms with Crippen molar-refractivity contribution in [2.24, 2.45) is 0 Å². The molecule has 0 aliphatic rings. The van der Waals surface area contributed by atoms with Gasteiger partial charge in [-0.05, 0) is 30.3 Å². The molecule has 0 radical (unpaired) electrons. The van der Waals surface area contributed by atoms with Crippen LogP contribution >= 0.6 is 34.8 Å². The molecule has 2 aromatic carbocycles. The van der Waals surface area contributed by atoms with E-state index in [2.05, 4.69) is 9.97 Å². The van der Waals surface area contributed by atoms with E-state index >= 15 is 0 Å². The van der Waals surface area contributed by atoms with Crippen LogP contribution in [0.25, 0.3) is 33.2 Å². The van der Waals surface area contributed by atoms with Crippen LogP contribution in [0.3, 0.4) is 0 Å². The minimum Gasteiger partial charge on any atom is -0.359 e. The van der Waals surface area contributed by atoms with Crippen molar-refractivity contribution in [3.8, 4) is 22.9 Å². The minimum atomic E-state index is -5.03. The van der Waals surface area contributed by atoms with Crippen LogP contribution in [0, 0.1) is 0 Å². The summed E-state index contributed by atoms with van der Waals surface area (Å²) in [5.41, 5.74) is 0.107. The zero-order valence-electron chi connectivity index (χ0n) is 14.7. The van der Waals surface area contributed by atoms with Gasteiger partial charge in [-0.25, -0.2) is 0 Å². The Morgan fingerprint density at radius 2 is 1.32 bits per heavy atom. The van der Waals surface area contributed by atoms with E-state index in [0.29, 0.717) is 5.02 Å². The Morgan fingerprint density at radius 3 is 1.94 bits per heavy atom. The molecule has 164 valence electrons. The van der Waals surface area contributed by atoms with Crippen molar-refractivity contribution >= 4 is 77.4 Å². The molecular weight excluding hydrogens is 519 g/mol. The van der Waals surface area contributed by atoms with Crippen molar-refractivity contribution in [1.82, 2.24) is 9.97 Å². The van der Waals surface area contributed by atoms with Gasteiger partial charge >= 0.3 is 20.8 Å². The molecule has 0 spiro atoms. The first-order valence-electron chi connectivity index (χ1n) is 7.98. The summed E-state index contributed by atoms with van der Waals surface area (Å²) in [7, 11) is -10.0. The van der Waals surface area contributed by atoms with Crippen LogP contribution < -0.4 is 8.37 Å². The third kappa shape index (κ3) is 4.41. The lowest BCUT2D eigenvalue weighted by atomic mass is 10.2. The number of aromatic amines is 2. The Hall–Kier alpha value is -2.19. The highest BCUT2D eigenvalue weighted by Crippen LogP contribution is 2.46. The van der Waals surface area contributed by atoms with Gasteiger partial charge in [0.05, 0.1) is 16.1 Å². The number of nitrogens with one attached hydrogen (secondary N) is 2. The molecule has 4 N–H and O–H groups in total. The van der Waals surface area contributed by atoms with E-state index in [1.165, 1.54) is 30.3 Å². The summed E-state index contributed by atoms with van der Waals surface area (Å²) < 4.78 is 73.8.